The van der Waals surface area contributed by atoms with Crippen LogP contribution >= 0.6 is 0 Å². The first-order chi connectivity index (χ1) is 10.3. The average molecular weight is 272 g/mol. The van der Waals surface area contributed by atoms with Crippen molar-refractivity contribution in [3.63, 3.8) is 0 Å². The maximum absolute atomic E-state index is 12.6. The molecule has 2 heteroatoms. The smallest absolute Gasteiger partial charge is 0.232 e. The Kier molecular flexibility index (Phi) is 2.61. The van der Waals surface area contributed by atoms with E-state index < -0.39 is 0 Å². The highest BCUT2D eigenvalue weighted by Gasteiger charge is 2.29. The Balaban J connectivity index is 1.86. The van der Waals surface area contributed by atoms with Crippen molar-refractivity contribution in [1.29, 1.82) is 0 Å². The second-order valence-corrected chi connectivity index (χ2v) is 5.01. The summed E-state index contributed by atoms with van der Waals surface area (Å²) in [4.78, 5) is 12.6. The van der Waals surface area contributed by atoms with Crippen molar-refractivity contribution in [2.75, 3.05) is 0 Å². The van der Waals surface area contributed by atoms with Gasteiger partial charge in [-0.2, -0.15) is 0 Å². The predicted octanol–water partition coefficient (Wildman–Crippen LogP) is 4.46. The maximum atomic E-state index is 12.6. The number of carbonyl (C=O) groups excluding carboxylic acids is 1. The van der Waals surface area contributed by atoms with E-state index in [9.17, 15) is 4.79 Å². The molecule has 1 aliphatic heterocycles. The molecule has 100 valence electrons. The molecule has 0 unspecified atom stereocenters. The molecule has 4 rings (SSSR count). The summed E-state index contributed by atoms with van der Waals surface area (Å²) in [5.74, 6) is 0.971. The molecule has 0 bridgehead atoms. The summed E-state index contributed by atoms with van der Waals surface area (Å²) in [7, 11) is 0. The van der Waals surface area contributed by atoms with Gasteiger partial charge in [-0.3, -0.25) is 4.79 Å². The van der Waals surface area contributed by atoms with E-state index in [0.717, 1.165) is 16.3 Å². The third-order valence-electron chi connectivity index (χ3n) is 3.66. The van der Waals surface area contributed by atoms with Gasteiger partial charge in [-0.25, -0.2) is 0 Å². The lowest BCUT2D eigenvalue weighted by Crippen LogP contribution is -1.98. The zero-order valence-corrected chi connectivity index (χ0v) is 11.2. The Morgan fingerprint density at radius 2 is 1.57 bits per heavy atom. The van der Waals surface area contributed by atoms with Gasteiger partial charge in [0.2, 0.25) is 5.78 Å². The highest BCUT2D eigenvalue weighted by atomic mass is 16.5. The highest BCUT2D eigenvalue weighted by molar-refractivity contribution is 6.21. The third-order valence-corrected chi connectivity index (χ3v) is 3.66. The lowest BCUT2D eigenvalue weighted by molar-refractivity contribution is 0.101. The lowest BCUT2D eigenvalue weighted by Gasteiger charge is -2.01. The van der Waals surface area contributed by atoms with Crippen LogP contribution < -0.4 is 4.74 Å². The van der Waals surface area contributed by atoms with Crippen molar-refractivity contribution in [3.8, 4) is 5.75 Å². The van der Waals surface area contributed by atoms with Gasteiger partial charge in [0, 0.05) is 0 Å². The normalized spacial score (nSPS) is 15.2. The van der Waals surface area contributed by atoms with Gasteiger partial charge in [-0.15, -0.1) is 0 Å². The SMILES string of the molecule is O=C1C(=Cc2ccccc2)Oc2ccc3ccccc3c21. The number of Topliss-reactive ketones (excluding diaryl/α,β-unsaturated/α-hetero) is 1. The van der Waals surface area contributed by atoms with E-state index in [1.807, 2.05) is 66.7 Å². The van der Waals surface area contributed by atoms with Crippen LogP contribution in [0.3, 0.4) is 0 Å². The Hall–Kier alpha value is -2.87. The van der Waals surface area contributed by atoms with Gasteiger partial charge >= 0.3 is 0 Å². The van der Waals surface area contributed by atoms with Crippen molar-refractivity contribution < 1.29 is 9.53 Å². The minimum Gasteiger partial charge on any atom is -0.452 e. The van der Waals surface area contributed by atoms with Crippen molar-refractivity contribution in [2.24, 2.45) is 0 Å². The molecule has 1 aliphatic rings. The molecule has 21 heavy (non-hydrogen) atoms. The first kappa shape index (κ1) is 11.9. The third kappa shape index (κ3) is 1.93. The van der Waals surface area contributed by atoms with Crippen LogP contribution in [0.1, 0.15) is 15.9 Å². The van der Waals surface area contributed by atoms with Crippen LogP contribution in [-0.4, -0.2) is 5.78 Å². The summed E-state index contributed by atoms with van der Waals surface area (Å²) in [6, 6.07) is 21.4. The topological polar surface area (TPSA) is 26.3 Å². The van der Waals surface area contributed by atoms with E-state index in [4.69, 9.17) is 4.74 Å². The number of allylic oxidation sites excluding steroid dienone is 1. The summed E-state index contributed by atoms with van der Waals surface area (Å²) in [5.41, 5.74) is 1.62. The van der Waals surface area contributed by atoms with Crippen LogP contribution in [0, 0.1) is 0 Å². The largest absolute Gasteiger partial charge is 0.452 e. The van der Waals surface area contributed by atoms with E-state index in [1.54, 1.807) is 6.08 Å². The number of rotatable bonds is 1. The lowest BCUT2D eigenvalue weighted by atomic mass is 10.0. The van der Waals surface area contributed by atoms with E-state index in [0.29, 0.717) is 17.1 Å². The first-order valence-corrected chi connectivity index (χ1v) is 6.84. The van der Waals surface area contributed by atoms with Crippen molar-refractivity contribution >= 4 is 22.6 Å². The molecule has 0 radical (unpaired) electrons. The Morgan fingerprint density at radius 1 is 0.810 bits per heavy atom. The Morgan fingerprint density at radius 3 is 2.43 bits per heavy atom. The number of carbonyl (C=O) groups is 1. The highest BCUT2D eigenvalue weighted by Crippen LogP contribution is 2.37. The molecule has 0 saturated carbocycles. The fourth-order valence-electron chi connectivity index (χ4n) is 2.65. The predicted molar refractivity (Wildman–Crippen MR) is 83.3 cm³/mol. The van der Waals surface area contributed by atoms with Gasteiger partial charge in [0.05, 0.1) is 5.56 Å². The number of ketones is 1. The quantitative estimate of drug-likeness (QED) is 0.611. The number of hydrogen-bond acceptors (Lipinski definition) is 2. The molecule has 0 atom stereocenters. The summed E-state index contributed by atoms with van der Waals surface area (Å²) >= 11 is 0. The van der Waals surface area contributed by atoms with E-state index in [2.05, 4.69) is 0 Å². The van der Waals surface area contributed by atoms with Gasteiger partial charge in [0.15, 0.2) is 5.76 Å². The van der Waals surface area contributed by atoms with E-state index >= 15 is 0 Å². The minimum absolute atomic E-state index is 0.0503. The maximum Gasteiger partial charge on any atom is 0.232 e. The zero-order chi connectivity index (χ0) is 14.2. The summed E-state index contributed by atoms with van der Waals surface area (Å²) < 4.78 is 5.74. The molecule has 0 aliphatic carbocycles. The number of ether oxygens (including phenoxy) is 1. The van der Waals surface area contributed by atoms with Gasteiger partial charge in [0.25, 0.3) is 0 Å². The van der Waals surface area contributed by atoms with Crippen LogP contribution in [0.2, 0.25) is 0 Å². The summed E-state index contributed by atoms with van der Waals surface area (Å²) in [6.45, 7) is 0. The first-order valence-electron chi connectivity index (χ1n) is 6.84. The molecule has 0 spiro atoms. The second-order valence-electron chi connectivity index (χ2n) is 5.01. The van der Waals surface area contributed by atoms with Crippen molar-refractivity contribution in [3.05, 3.63) is 83.6 Å². The molecular weight excluding hydrogens is 260 g/mol. The fourth-order valence-corrected chi connectivity index (χ4v) is 2.65. The molecule has 2 nitrogen and oxygen atoms in total. The van der Waals surface area contributed by atoms with Gasteiger partial charge in [-0.05, 0) is 28.5 Å². The van der Waals surface area contributed by atoms with Crippen LogP contribution in [0.15, 0.2) is 72.5 Å². The van der Waals surface area contributed by atoms with Crippen LogP contribution in [-0.2, 0) is 0 Å². The number of benzene rings is 3. The molecule has 3 aromatic carbocycles. The molecule has 3 aromatic rings. The number of hydrogen-bond donors (Lipinski definition) is 0. The molecule has 0 aromatic heterocycles. The minimum atomic E-state index is -0.0503. The average Bonchev–Trinajstić information content (AvgIpc) is 2.85. The fraction of sp³-hybridized carbons (Fsp3) is 0. The molecule has 0 amide bonds. The molecule has 1 heterocycles. The van der Waals surface area contributed by atoms with Gasteiger partial charge in [0.1, 0.15) is 5.75 Å². The van der Waals surface area contributed by atoms with E-state index in [-0.39, 0.29) is 5.78 Å². The molecule has 0 fully saturated rings. The summed E-state index contributed by atoms with van der Waals surface area (Å²) in [5, 5.41) is 1.99. The zero-order valence-electron chi connectivity index (χ0n) is 11.2. The Bertz CT molecular complexity index is 876. The van der Waals surface area contributed by atoms with Crippen molar-refractivity contribution in [1.82, 2.24) is 0 Å². The molecule has 0 N–H and O–H groups in total. The monoisotopic (exact) mass is 272 g/mol. The van der Waals surface area contributed by atoms with Gasteiger partial charge in [-0.1, -0.05) is 60.7 Å². The van der Waals surface area contributed by atoms with E-state index in [1.165, 1.54) is 0 Å². The standard InChI is InChI=1S/C19H12O2/c20-19-17(12-13-6-2-1-3-7-13)21-16-11-10-14-8-4-5-9-15(14)18(16)19/h1-12H. The van der Waals surface area contributed by atoms with Crippen LogP contribution in [0.4, 0.5) is 0 Å². The summed E-state index contributed by atoms with van der Waals surface area (Å²) in [6.07, 6.45) is 1.79. The van der Waals surface area contributed by atoms with Crippen LogP contribution in [0.5, 0.6) is 5.75 Å². The second kappa shape index (κ2) is 4.60. The van der Waals surface area contributed by atoms with Crippen LogP contribution in [0.25, 0.3) is 16.8 Å². The molecular formula is C19H12O2. The van der Waals surface area contributed by atoms with Crippen molar-refractivity contribution in [2.45, 2.75) is 0 Å². The van der Waals surface area contributed by atoms with Gasteiger partial charge < -0.3 is 4.74 Å². The Labute approximate surface area is 122 Å². The molecule has 0 saturated heterocycles. The number of fused-ring (bicyclic) bond motifs is 3.